The fourth-order valence-corrected chi connectivity index (χ4v) is 1.92. The van der Waals surface area contributed by atoms with Crippen LogP contribution in [-0.4, -0.2) is 20.4 Å². The lowest BCUT2D eigenvalue weighted by molar-refractivity contribution is 0.907. The summed E-state index contributed by atoms with van der Waals surface area (Å²) in [5, 5.41) is 5.52. The Kier molecular flexibility index (Phi) is 2.14. The first-order chi connectivity index (χ1) is 8.25. The molecule has 0 aliphatic carbocycles. The van der Waals surface area contributed by atoms with Crippen molar-refractivity contribution in [3.05, 3.63) is 36.8 Å². The molecule has 0 N–H and O–H groups in total. The zero-order chi connectivity index (χ0) is 11.8. The van der Waals surface area contributed by atoms with Crippen LogP contribution in [0.25, 0.3) is 21.9 Å². The minimum atomic E-state index is 0.869. The third-order valence-electron chi connectivity index (χ3n) is 2.57. The molecule has 4 nitrogen and oxygen atoms in total. The van der Waals surface area contributed by atoms with Crippen LogP contribution in [0.1, 0.15) is 13.8 Å². The van der Waals surface area contributed by atoms with E-state index in [1.54, 1.807) is 12.5 Å². The highest BCUT2D eigenvalue weighted by molar-refractivity contribution is 6.02. The molecule has 1 aromatic carbocycles. The minimum absolute atomic E-state index is 0.869. The molecule has 0 radical (unpaired) electrons. The summed E-state index contributed by atoms with van der Waals surface area (Å²) in [5.74, 6) is 0. The fraction of sp³-hybridized carbons (Fsp3) is 0.154. The van der Waals surface area contributed by atoms with Gasteiger partial charge in [0.15, 0.2) is 0 Å². The van der Waals surface area contributed by atoms with E-state index >= 15 is 0 Å². The smallest absolute Gasteiger partial charge is 0.118 e. The van der Waals surface area contributed by atoms with Gasteiger partial charge in [-0.05, 0) is 19.9 Å². The highest BCUT2D eigenvalue weighted by atomic mass is 15.4. The minimum Gasteiger partial charge on any atom is -0.254 e. The number of fused-ring (bicyclic) bond motifs is 3. The average Bonchev–Trinajstić information content (AvgIpc) is 2.72. The van der Waals surface area contributed by atoms with Gasteiger partial charge in [-0.3, -0.25) is 4.98 Å². The average molecular weight is 224 g/mol. The molecule has 84 valence electrons. The Hall–Kier alpha value is -2.23. The molecule has 0 saturated carbocycles. The summed E-state index contributed by atoms with van der Waals surface area (Å²) in [5.41, 5.74) is 3.83. The summed E-state index contributed by atoms with van der Waals surface area (Å²) in [6, 6.07) is 8.03. The molecule has 0 amide bonds. The van der Waals surface area contributed by atoms with E-state index in [2.05, 4.69) is 15.1 Å². The van der Waals surface area contributed by atoms with E-state index in [4.69, 9.17) is 0 Å². The third-order valence-corrected chi connectivity index (χ3v) is 2.57. The molecule has 2 heterocycles. The van der Waals surface area contributed by atoms with Crippen molar-refractivity contribution < 1.29 is 0 Å². The van der Waals surface area contributed by atoms with E-state index in [0.717, 1.165) is 27.6 Å². The van der Waals surface area contributed by atoms with Gasteiger partial charge in [0.05, 0.1) is 11.7 Å². The van der Waals surface area contributed by atoms with E-state index in [1.807, 2.05) is 42.8 Å². The second kappa shape index (κ2) is 3.66. The number of hydrogen-bond acceptors (Lipinski definition) is 3. The van der Waals surface area contributed by atoms with E-state index in [9.17, 15) is 0 Å². The first-order valence-electron chi connectivity index (χ1n) is 5.49. The molecule has 3 rings (SSSR count). The summed E-state index contributed by atoms with van der Waals surface area (Å²) in [7, 11) is 0. The largest absolute Gasteiger partial charge is 0.254 e. The van der Waals surface area contributed by atoms with Crippen molar-refractivity contribution in [2.75, 3.05) is 0 Å². The third kappa shape index (κ3) is 1.58. The van der Waals surface area contributed by atoms with Gasteiger partial charge in [0.1, 0.15) is 17.4 Å². The zero-order valence-corrected chi connectivity index (χ0v) is 9.75. The maximum absolute atomic E-state index is 4.44. The number of benzene rings is 1. The van der Waals surface area contributed by atoms with Crippen molar-refractivity contribution in [2.45, 2.75) is 13.8 Å². The lowest BCUT2D eigenvalue weighted by Crippen LogP contribution is -1.92. The predicted octanol–water partition coefficient (Wildman–Crippen LogP) is 2.83. The van der Waals surface area contributed by atoms with Crippen molar-refractivity contribution >= 4 is 27.6 Å². The Labute approximate surface area is 98.6 Å². The highest BCUT2D eigenvalue weighted by Crippen LogP contribution is 2.22. The monoisotopic (exact) mass is 224 g/mol. The molecule has 4 heteroatoms. The first kappa shape index (κ1) is 9.96. The van der Waals surface area contributed by atoms with Crippen LogP contribution in [0.2, 0.25) is 0 Å². The zero-order valence-electron chi connectivity index (χ0n) is 9.75. The normalized spacial score (nSPS) is 10.9. The Morgan fingerprint density at radius 2 is 1.94 bits per heavy atom. The van der Waals surface area contributed by atoms with Crippen LogP contribution in [0.4, 0.5) is 0 Å². The van der Waals surface area contributed by atoms with Crippen molar-refractivity contribution in [3.63, 3.8) is 0 Å². The van der Waals surface area contributed by atoms with Crippen LogP contribution >= 0.6 is 0 Å². The molecular formula is C13H12N4. The first-order valence-corrected chi connectivity index (χ1v) is 5.49. The van der Waals surface area contributed by atoms with E-state index in [0.29, 0.717) is 0 Å². The number of aromatic nitrogens is 3. The van der Waals surface area contributed by atoms with Crippen molar-refractivity contribution in [1.82, 2.24) is 14.6 Å². The van der Waals surface area contributed by atoms with Crippen LogP contribution in [0.3, 0.4) is 0 Å². The molecule has 17 heavy (non-hydrogen) atoms. The van der Waals surface area contributed by atoms with E-state index in [1.165, 1.54) is 0 Å². The van der Waals surface area contributed by atoms with Crippen LogP contribution < -0.4 is 0 Å². The van der Waals surface area contributed by atoms with Crippen LogP contribution in [0.15, 0.2) is 41.9 Å². The van der Waals surface area contributed by atoms with E-state index < -0.39 is 0 Å². The number of rotatable bonds is 1. The maximum atomic E-state index is 4.44. The van der Waals surface area contributed by atoms with Crippen LogP contribution in [-0.2, 0) is 0 Å². The van der Waals surface area contributed by atoms with Crippen LogP contribution in [0.5, 0.6) is 0 Å². The SMILES string of the molecule is CC(C)=Nn1cnc2cnc3ccccc3c21. The van der Waals surface area contributed by atoms with Crippen LogP contribution in [0, 0.1) is 0 Å². The van der Waals surface area contributed by atoms with Gasteiger partial charge in [0, 0.05) is 11.1 Å². The van der Waals surface area contributed by atoms with Gasteiger partial charge in [-0.15, -0.1) is 0 Å². The molecule has 0 aliphatic rings. The van der Waals surface area contributed by atoms with Gasteiger partial charge in [-0.2, -0.15) is 5.10 Å². The number of pyridine rings is 1. The number of hydrogen-bond donors (Lipinski definition) is 0. The molecule has 0 aliphatic heterocycles. The highest BCUT2D eigenvalue weighted by Gasteiger charge is 2.07. The molecule has 0 bridgehead atoms. The van der Waals surface area contributed by atoms with Crippen molar-refractivity contribution in [1.29, 1.82) is 0 Å². The Morgan fingerprint density at radius 3 is 2.76 bits per heavy atom. The topological polar surface area (TPSA) is 43.1 Å². The standard InChI is InChI=1S/C13H12N4/c1-9(2)16-17-8-15-12-7-14-11-6-4-3-5-10(11)13(12)17/h3-8H,1-2H3. The van der Waals surface area contributed by atoms with Gasteiger partial charge in [-0.1, -0.05) is 18.2 Å². The predicted molar refractivity (Wildman–Crippen MR) is 69.2 cm³/mol. The molecule has 0 unspecified atom stereocenters. The summed E-state index contributed by atoms with van der Waals surface area (Å²) < 4.78 is 1.81. The number of imidazole rings is 1. The molecule has 0 fully saturated rings. The number of para-hydroxylation sites is 1. The Morgan fingerprint density at radius 1 is 1.12 bits per heavy atom. The second-order valence-corrected chi connectivity index (χ2v) is 4.15. The molecule has 0 atom stereocenters. The summed E-state index contributed by atoms with van der Waals surface area (Å²) in [6.07, 6.45) is 3.51. The van der Waals surface area contributed by atoms with Gasteiger partial charge >= 0.3 is 0 Å². The summed E-state index contributed by atoms with van der Waals surface area (Å²) in [4.78, 5) is 8.69. The summed E-state index contributed by atoms with van der Waals surface area (Å²) >= 11 is 0. The number of nitrogens with zero attached hydrogens (tertiary/aromatic N) is 4. The second-order valence-electron chi connectivity index (χ2n) is 4.15. The van der Waals surface area contributed by atoms with Gasteiger partial charge in [0.2, 0.25) is 0 Å². The van der Waals surface area contributed by atoms with E-state index in [-0.39, 0.29) is 0 Å². The van der Waals surface area contributed by atoms with Gasteiger partial charge in [-0.25, -0.2) is 9.66 Å². The molecular weight excluding hydrogens is 212 g/mol. The molecule has 0 saturated heterocycles. The molecule has 3 aromatic rings. The maximum Gasteiger partial charge on any atom is 0.118 e. The Bertz CT molecular complexity index is 720. The lowest BCUT2D eigenvalue weighted by Gasteiger charge is -2.01. The van der Waals surface area contributed by atoms with Gasteiger partial charge < -0.3 is 0 Å². The van der Waals surface area contributed by atoms with Crippen molar-refractivity contribution in [3.8, 4) is 0 Å². The lowest BCUT2D eigenvalue weighted by atomic mass is 10.2. The fourth-order valence-electron chi connectivity index (χ4n) is 1.92. The Balaban J connectivity index is 2.46. The van der Waals surface area contributed by atoms with Gasteiger partial charge in [0.25, 0.3) is 0 Å². The summed E-state index contributed by atoms with van der Waals surface area (Å²) in [6.45, 7) is 3.93. The van der Waals surface area contributed by atoms with Crippen molar-refractivity contribution in [2.24, 2.45) is 5.10 Å². The quantitative estimate of drug-likeness (QED) is 0.596. The molecule has 2 aromatic heterocycles. The molecule has 0 spiro atoms.